The number of hydrogen-bond donors (Lipinski definition) is 1. The number of hydrogen-bond acceptors (Lipinski definition) is 5. The molecule has 0 saturated heterocycles. The quantitative estimate of drug-likeness (QED) is 0.767. The molecule has 0 amide bonds. The molecule has 1 aromatic rings. The Morgan fingerprint density at radius 1 is 1.30 bits per heavy atom. The molecule has 0 aliphatic rings. The second kappa shape index (κ2) is 7.93. The molecule has 0 radical (unpaired) electrons. The van der Waals surface area contributed by atoms with E-state index < -0.39 is 17.6 Å². The van der Waals surface area contributed by atoms with Gasteiger partial charge in [0, 0.05) is 11.4 Å². The van der Waals surface area contributed by atoms with E-state index >= 15 is 0 Å². The maximum Gasteiger partial charge on any atom is 0.348 e. The lowest BCUT2D eigenvalue weighted by atomic mass is 10.0. The van der Waals surface area contributed by atoms with Crippen LogP contribution < -0.4 is 0 Å². The van der Waals surface area contributed by atoms with Crippen LogP contribution in [0.1, 0.15) is 55.6 Å². The van der Waals surface area contributed by atoms with E-state index in [2.05, 4.69) is 0 Å². The number of carbonyl (C=O) groups excluding carboxylic acids is 1. The molecule has 1 aromatic heterocycles. The Morgan fingerprint density at radius 3 is 2.39 bits per heavy atom. The number of esters is 1. The molecule has 6 heteroatoms. The van der Waals surface area contributed by atoms with Crippen LogP contribution in [0.5, 0.6) is 0 Å². The highest BCUT2D eigenvalue weighted by atomic mass is 32.1. The first kappa shape index (κ1) is 19.6. The molecule has 0 unspecified atom stereocenters. The number of ether oxygens (including phenoxy) is 1. The average molecular weight is 341 g/mol. The molecule has 0 fully saturated rings. The van der Waals surface area contributed by atoms with Crippen LogP contribution in [-0.2, 0) is 16.1 Å². The highest BCUT2D eigenvalue weighted by Crippen LogP contribution is 2.22. The number of thiophene rings is 1. The molecule has 0 bridgehead atoms. The molecular weight excluding hydrogens is 314 g/mol. The van der Waals surface area contributed by atoms with Crippen molar-refractivity contribution in [2.45, 2.75) is 59.2 Å². The summed E-state index contributed by atoms with van der Waals surface area (Å²) in [6.07, 6.45) is 0.593. The normalized spacial score (nSPS) is 13.4. The van der Waals surface area contributed by atoms with E-state index in [1.165, 1.54) is 11.3 Å². The molecule has 0 aliphatic carbocycles. The molecule has 1 N–H and O–H groups in total. The number of carboxylic acid groups (broad SMARTS) is 1. The number of aliphatic carboxylic acids is 1. The van der Waals surface area contributed by atoms with E-state index in [4.69, 9.17) is 4.74 Å². The first-order valence-corrected chi connectivity index (χ1v) is 8.56. The van der Waals surface area contributed by atoms with E-state index in [0.29, 0.717) is 23.8 Å². The van der Waals surface area contributed by atoms with Crippen LogP contribution in [0.25, 0.3) is 0 Å². The molecule has 23 heavy (non-hydrogen) atoms. The third kappa shape index (κ3) is 6.71. The third-order valence-electron chi connectivity index (χ3n) is 3.18. The molecule has 0 aliphatic heterocycles. The Labute approximate surface area is 142 Å². The Balaban J connectivity index is 2.74. The Kier molecular flexibility index (Phi) is 6.77. The van der Waals surface area contributed by atoms with Gasteiger partial charge in [0.2, 0.25) is 0 Å². The molecule has 5 nitrogen and oxygen atoms in total. The van der Waals surface area contributed by atoms with Crippen molar-refractivity contribution in [2.75, 3.05) is 7.05 Å². The van der Waals surface area contributed by atoms with Gasteiger partial charge in [-0.1, -0.05) is 13.8 Å². The molecule has 130 valence electrons. The minimum atomic E-state index is -0.815. The summed E-state index contributed by atoms with van der Waals surface area (Å²) < 4.78 is 5.34. The summed E-state index contributed by atoms with van der Waals surface area (Å²) in [4.78, 5) is 26.8. The molecule has 0 aromatic carbocycles. The van der Waals surface area contributed by atoms with Gasteiger partial charge in [0.15, 0.2) is 0 Å². The molecule has 1 atom stereocenters. The van der Waals surface area contributed by atoms with Gasteiger partial charge in [0.25, 0.3) is 0 Å². The monoisotopic (exact) mass is 341 g/mol. The Bertz CT molecular complexity index is 545. The van der Waals surface area contributed by atoms with Gasteiger partial charge in [-0.3, -0.25) is 9.69 Å². The van der Waals surface area contributed by atoms with Gasteiger partial charge in [-0.15, -0.1) is 11.3 Å². The molecule has 0 saturated carbocycles. The zero-order chi connectivity index (χ0) is 17.8. The lowest BCUT2D eigenvalue weighted by Gasteiger charge is -2.25. The fourth-order valence-electron chi connectivity index (χ4n) is 2.17. The van der Waals surface area contributed by atoms with Crippen molar-refractivity contribution in [2.24, 2.45) is 5.92 Å². The van der Waals surface area contributed by atoms with Crippen LogP contribution in [0.4, 0.5) is 0 Å². The summed E-state index contributed by atoms with van der Waals surface area (Å²) in [5.74, 6) is -0.849. The number of carbonyl (C=O) groups is 2. The summed E-state index contributed by atoms with van der Waals surface area (Å²) >= 11 is 1.35. The fraction of sp³-hybridized carbons (Fsp3) is 0.647. The van der Waals surface area contributed by atoms with Crippen molar-refractivity contribution in [1.82, 2.24) is 4.90 Å². The first-order chi connectivity index (χ1) is 10.5. The molecule has 1 rings (SSSR count). The summed E-state index contributed by atoms with van der Waals surface area (Å²) in [5.41, 5.74) is -0.524. The van der Waals surface area contributed by atoms with Crippen molar-refractivity contribution in [3.63, 3.8) is 0 Å². The zero-order valence-corrected chi connectivity index (χ0v) is 15.6. The van der Waals surface area contributed by atoms with Crippen molar-refractivity contribution in [1.29, 1.82) is 0 Å². The minimum absolute atomic E-state index is 0.305. The van der Waals surface area contributed by atoms with E-state index in [-0.39, 0.29) is 5.97 Å². The standard InChI is InChI=1S/C17H27NO4S/c1-11(2)9-13(15(19)20)18(6)10-12-7-8-14(23-12)16(21)22-17(3,4)5/h7-8,11,13H,9-10H2,1-6H3,(H,19,20)/t13-/m0/s1. The first-order valence-electron chi connectivity index (χ1n) is 7.74. The number of carboxylic acids is 1. The molecular formula is C17H27NO4S. The lowest BCUT2D eigenvalue weighted by Crippen LogP contribution is -2.38. The molecule has 0 spiro atoms. The highest BCUT2D eigenvalue weighted by molar-refractivity contribution is 7.13. The summed E-state index contributed by atoms with van der Waals surface area (Å²) in [6.45, 7) is 10.0. The van der Waals surface area contributed by atoms with Gasteiger partial charge in [0.05, 0.1) is 0 Å². The van der Waals surface area contributed by atoms with Crippen LogP contribution in [0, 0.1) is 5.92 Å². The SMILES string of the molecule is CC(C)C[C@@H](C(=O)O)N(C)Cc1ccc(C(=O)OC(C)(C)C)s1. The van der Waals surface area contributed by atoms with E-state index in [9.17, 15) is 14.7 Å². The number of likely N-dealkylation sites (N-methyl/N-ethyl adjacent to an activating group) is 1. The van der Waals surface area contributed by atoms with E-state index in [0.717, 1.165) is 4.88 Å². The summed E-state index contributed by atoms with van der Waals surface area (Å²) in [5, 5.41) is 9.38. The van der Waals surface area contributed by atoms with Crippen molar-refractivity contribution < 1.29 is 19.4 Å². The zero-order valence-electron chi connectivity index (χ0n) is 14.8. The fourth-order valence-corrected chi connectivity index (χ4v) is 3.12. The van der Waals surface area contributed by atoms with Crippen molar-refractivity contribution in [3.05, 3.63) is 21.9 Å². The van der Waals surface area contributed by atoms with Gasteiger partial charge in [-0.2, -0.15) is 0 Å². The van der Waals surface area contributed by atoms with Crippen LogP contribution in [-0.4, -0.2) is 40.6 Å². The second-order valence-electron chi connectivity index (χ2n) is 7.17. The van der Waals surface area contributed by atoms with Crippen molar-refractivity contribution >= 4 is 23.3 Å². The van der Waals surface area contributed by atoms with Crippen LogP contribution in [0.3, 0.4) is 0 Å². The van der Waals surface area contributed by atoms with Gasteiger partial charge in [-0.25, -0.2) is 4.79 Å². The minimum Gasteiger partial charge on any atom is -0.480 e. The number of nitrogens with zero attached hydrogens (tertiary/aromatic N) is 1. The van der Waals surface area contributed by atoms with Crippen LogP contribution in [0.2, 0.25) is 0 Å². The molecule has 1 heterocycles. The maximum atomic E-state index is 12.0. The van der Waals surface area contributed by atoms with Crippen molar-refractivity contribution in [3.8, 4) is 0 Å². The number of rotatable bonds is 7. The van der Waals surface area contributed by atoms with Crippen LogP contribution in [0.15, 0.2) is 12.1 Å². The van der Waals surface area contributed by atoms with Crippen LogP contribution >= 0.6 is 11.3 Å². The second-order valence-corrected chi connectivity index (χ2v) is 8.33. The summed E-state index contributed by atoms with van der Waals surface area (Å²) in [6, 6.07) is 3.07. The van der Waals surface area contributed by atoms with Gasteiger partial charge in [-0.05, 0) is 52.3 Å². The smallest absolute Gasteiger partial charge is 0.348 e. The maximum absolute atomic E-state index is 12.0. The predicted molar refractivity (Wildman–Crippen MR) is 91.8 cm³/mol. The summed E-state index contributed by atoms with van der Waals surface area (Å²) in [7, 11) is 1.80. The van der Waals surface area contributed by atoms with Gasteiger partial charge < -0.3 is 9.84 Å². The lowest BCUT2D eigenvalue weighted by molar-refractivity contribution is -0.143. The highest BCUT2D eigenvalue weighted by Gasteiger charge is 2.25. The van der Waals surface area contributed by atoms with E-state index in [1.54, 1.807) is 13.1 Å². The average Bonchev–Trinajstić information content (AvgIpc) is 2.81. The van der Waals surface area contributed by atoms with Gasteiger partial charge >= 0.3 is 11.9 Å². The Hall–Kier alpha value is -1.40. The largest absolute Gasteiger partial charge is 0.480 e. The third-order valence-corrected chi connectivity index (χ3v) is 4.23. The van der Waals surface area contributed by atoms with E-state index in [1.807, 2.05) is 45.6 Å². The van der Waals surface area contributed by atoms with Gasteiger partial charge in [0.1, 0.15) is 16.5 Å². The topological polar surface area (TPSA) is 66.8 Å². The predicted octanol–water partition coefficient (Wildman–Crippen LogP) is 3.63. The Morgan fingerprint density at radius 2 is 1.91 bits per heavy atom.